The molecule has 1 N–H and O–H groups in total. The first-order valence-corrected chi connectivity index (χ1v) is 13.1. The van der Waals surface area contributed by atoms with Gasteiger partial charge in [0.05, 0.1) is 11.4 Å². The molecular formula is C26H32FN5OS. The highest BCUT2D eigenvalue weighted by Gasteiger charge is 2.26. The molecule has 0 spiro atoms. The summed E-state index contributed by atoms with van der Waals surface area (Å²) in [5.74, 6) is 0.313. The number of benzene rings is 1. The molecule has 5 rings (SSSR count). The third-order valence-corrected chi connectivity index (χ3v) is 8.32. The molecule has 3 heterocycles. The Balaban J connectivity index is 1.37. The number of rotatable bonds is 5. The van der Waals surface area contributed by atoms with Gasteiger partial charge in [-0.05, 0) is 49.6 Å². The van der Waals surface area contributed by atoms with Crippen LogP contribution in [0.1, 0.15) is 59.9 Å². The number of hydrogen-bond donors (Lipinski definition) is 1. The van der Waals surface area contributed by atoms with E-state index in [4.69, 9.17) is 5.10 Å². The van der Waals surface area contributed by atoms with Gasteiger partial charge in [0.1, 0.15) is 12.4 Å². The topological polar surface area (TPSA) is 63.1 Å². The summed E-state index contributed by atoms with van der Waals surface area (Å²) >= 11 is 1.69. The van der Waals surface area contributed by atoms with Gasteiger partial charge in [0.15, 0.2) is 5.13 Å². The molecule has 0 atom stereocenters. The van der Waals surface area contributed by atoms with Crippen molar-refractivity contribution in [2.75, 3.05) is 25.5 Å². The Hall–Kier alpha value is -2.74. The van der Waals surface area contributed by atoms with E-state index in [1.807, 2.05) is 22.7 Å². The molecule has 8 heteroatoms. The second-order valence-electron chi connectivity index (χ2n) is 9.43. The Labute approximate surface area is 204 Å². The van der Waals surface area contributed by atoms with E-state index in [2.05, 4.69) is 16.4 Å². The number of amides is 1. The van der Waals surface area contributed by atoms with Crippen LogP contribution in [0.15, 0.2) is 24.3 Å². The van der Waals surface area contributed by atoms with E-state index < -0.39 is 0 Å². The summed E-state index contributed by atoms with van der Waals surface area (Å²) in [4.78, 5) is 21.3. The van der Waals surface area contributed by atoms with Gasteiger partial charge in [-0.1, -0.05) is 19.3 Å². The monoisotopic (exact) mass is 481 g/mol. The maximum atomic E-state index is 13.8. The van der Waals surface area contributed by atoms with Crippen molar-refractivity contribution in [2.45, 2.75) is 64.3 Å². The number of nitrogens with one attached hydrogen (secondary N) is 1. The molecule has 1 aliphatic heterocycles. The molecule has 1 amide bonds. The molecule has 0 saturated heterocycles. The number of nitrogens with zero attached hydrogens (tertiary/aromatic N) is 4. The zero-order chi connectivity index (χ0) is 23.7. The molecule has 0 radical (unpaired) electrons. The average molecular weight is 482 g/mol. The fraction of sp³-hybridized carbons (Fsp3) is 0.500. The van der Waals surface area contributed by atoms with Crippen LogP contribution >= 0.6 is 11.3 Å². The Kier molecular flexibility index (Phi) is 6.68. The van der Waals surface area contributed by atoms with Crippen molar-refractivity contribution in [1.82, 2.24) is 19.7 Å². The predicted molar refractivity (Wildman–Crippen MR) is 134 cm³/mol. The van der Waals surface area contributed by atoms with E-state index in [1.54, 1.807) is 24.3 Å². The largest absolute Gasteiger partial charge is 0.365 e. The summed E-state index contributed by atoms with van der Waals surface area (Å²) in [5.41, 5.74) is 4.57. The summed E-state index contributed by atoms with van der Waals surface area (Å²) in [6, 6.07) is 7.24. The first-order valence-electron chi connectivity index (χ1n) is 12.3. The van der Waals surface area contributed by atoms with Gasteiger partial charge < -0.3 is 10.2 Å². The van der Waals surface area contributed by atoms with Crippen molar-refractivity contribution in [1.29, 1.82) is 0 Å². The van der Waals surface area contributed by atoms with Gasteiger partial charge in [0.2, 0.25) is 5.91 Å². The molecule has 0 bridgehead atoms. The maximum absolute atomic E-state index is 13.8. The number of hydrogen-bond acceptors (Lipinski definition) is 5. The molecule has 1 fully saturated rings. The highest BCUT2D eigenvalue weighted by atomic mass is 32.1. The van der Waals surface area contributed by atoms with E-state index >= 15 is 0 Å². The number of anilines is 1. The van der Waals surface area contributed by atoms with Crippen LogP contribution in [0.2, 0.25) is 0 Å². The fourth-order valence-corrected chi connectivity index (χ4v) is 6.13. The van der Waals surface area contributed by atoms with E-state index in [1.165, 1.54) is 30.2 Å². The Morgan fingerprint density at radius 2 is 1.97 bits per heavy atom. The summed E-state index contributed by atoms with van der Waals surface area (Å²) < 4.78 is 15.8. The van der Waals surface area contributed by atoms with Crippen LogP contribution in [0.4, 0.5) is 9.52 Å². The third-order valence-electron chi connectivity index (χ3n) is 7.15. The quantitative estimate of drug-likeness (QED) is 0.546. The predicted octanol–water partition coefficient (Wildman–Crippen LogP) is 5.17. The molecule has 6 nitrogen and oxygen atoms in total. The minimum Gasteiger partial charge on any atom is -0.365 e. The van der Waals surface area contributed by atoms with E-state index in [-0.39, 0.29) is 18.3 Å². The summed E-state index contributed by atoms with van der Waals surface area (Å²) in [7, 11) is 1.89. The third kappa shape index (κ3) is 4.73. The lowest BCUT2D eigenvalue weighted by atomic mass is 9.86. The van der Waals surface area contributed by atoms with Gasteiger partial charge in [-0.3, -0.25) is 9.48 Å². The standard InChI is InChI=1S/C26H32FN5OS/c1-17-14-19(8-9-20(17)27)22-15-23(18-6-4-3-5-7-18)32(30-22)16-25(33)31-12-10-21-24(11-13-31)34-26(28-2)29-21/h8-9,14-15,18H,3-7,10-13,16H2,1-2H3,(H,28,29). The Morgan fingerprint density at radius 3 is 2.74 bits per heavy atom. The molecule has 0 unspecified atom stereocenters. The SMILES string of the molecule is CNc1nc2c(s1)CCN(C(=O)Cn1nc(-c3ccc(F)c(C)c3)cc1C1CCCCC1)CC2. The zero-order valence-corrected chi connectivity index (χ0v) is 20.8. The van der Waals surface area contributed by atoms with Crippen molar-refractivity contribution in [3.63, 3.8) is 0 Å². The van der Waals surface area contributed by atoms with Gasteiger partial charge in [0.25, 0.3) is 0 Å². The van der Waals surface area contributed by atoms with Crippen LogP contribution in [0, 0.1) is 12.7 Å². The lowest BCUT2D eigenvalue weighted by Gasteiger charge is -2.24. The number of carbonyl (C=O) groups is 1. The molecule has 3 aromatic rings. The van der Waals surface area contributed by atoms with Crippen LogP contribution in [0.3, 0.4) is 0 Å². The molecule has 2 aliphatic rings. The van der Waals surface area contributed by atoms with Crippen LogP contribution < -0.4 is 5.32 Å². The minimum atomic E-state index is -0.211. The fourth-order valence-electron chi connectivity index (χ4n) is 5.18. The van der Waals surface area contributed by atoms with Crippen molar-refractivity contribution in [3.8, 4) is 11.3 Å². The first-order chi connectivity index (χ1) is 16.5. The van der Waals surface area contributed by atoms with Gasteiger partial charge >= 0.3 is 0 Å². The molecule has 34 heavy (non-hydrogen) atoms. The second kappa shape index (κ2) is 9.86. The molecule has 1 aromatic carbocycles. The maximum Gasteiger partial charge on any atom is 0.244 e. The van der Waals surface area contributed by atoms with Crippen LogP contribution in [-0.2, 0) is 24.2 Å². The van der Waals surface area contributed by atoms with Crippen LogP contribution in [0.5, 0.6) is 0 Å². The summed E-state index contributed by atoms with van der Waals surface area (Å²) in [5, 5.41) is 8.94. The van der Waals surface area contributed by atoms with Gasteiger partial charge in [0, 0.05) is 55.0 Å². The van der Waals surface area contributed by atoms with Crippen LogP contribution in [0.25, 0.3) is 11.3 Å². The van der Waals surface area contributed by atoms with Gasteiger partial charge in [-0.15, -0.1) is 11.3 Å². The van der Waals surface area contributed by atoms with Crippen molar-refractivity contribution >= 4 is 22.4 Å². The van der Waals surface area contributed by atoms with Crippen LogP contribution in [-0.4, -0.2) is 45.7 Å². The lowest BCUT2D eigenvalue weighted by molar-refractivity contribution is -0.132. The number of thiazole rings is 1. The minimum absolute atomic E-state index is 0.103. The zero-order valence-electron chi connectivity index (χ0n) is 19.9. The van der Waals surface area contributed by atoms with E-state index in [9.17, 15) is 9.18 Å². The second-order valence-corrected chi connectivity index (χ2v) is 10.5. The number of aryl methyl sites for hydroxylation is 1. The molecule has 1 aliphatic carbocycles. The normalized spacial score (nSPS) is 16.9. The smallest absolute Gasteiger partial charge is 0.244 e. The summed E-state index contributed by atoms with van der Waals surface area (Å²) in [6.07, 6.45) is 7.59. The van der Waals surface area contributed by atoms with Crippen molar-refractivity contribution in [3.05, 3.63) is 51.9 Å². The molecule has 180 valence electrons. The number of aromatic nitrogens is 3. The Morgan fingerprint density at radius 1 is 1.18 bits per heavy atom. The van der Waals surface area contributed by atoms with Crippen molar-refractivity contribution < 1.29 is 9.18 Å². The van der Waals surface area contributed by atoms with Gasteiger partial charge in [-0.25, -0.2) is 9.37 Å². The first kappa shape index (κ1) is 23.0. The lowest BCUT2D eigenvalue weighted by Crippen LogP contribution is -2.36. The Bertz CT molecular complexity index is 1150. The van der Waals surface area contributed by atoms with E-state index in [0.717, 1.165) is 53.5 Å². The molecule has 1 saturated carbocycles. The summed E-state index contributed by atoms with van der Waals surface area (Å²) in [6.45, 7) is 3.41. The average Bonchev–Trinajstić information content (AvgIpc) is 3.40. The van der Waals surface area contributed by atoms with Gasteiger partial charge in [-0.2, -0.15) is 5.10 Å². The highest BCUT2D eigenvalue weighted by molar-refractivity contribution is 7.15. The molecule has 2 aromatic heterocycles. The number of fused-ring (bicyclic) bond motifs is 1. The van der Waals surface area contributed by atoms with Crippen molar-refractivity contribution in [2.24, 2.45) is 0 Å². The van der Waals surface area contributed by atoms with E-state index in [0.29, 0.717) is 24.6 Å². The number of carbonyl (C=O) groups excluding carboxylic acids is 1. The highest BCUT2D eigenvalue weighted by Crippen LogP contribution is 2.35. The number of halogens is 1. The molecular weight excluding hydrogens is 449 g/mol.